The summed E-state index contributed by atoms with van der Waals surface area (Å²) >= 11 is 6.70. The summed E-state index contributed by atoms with van der Waals surface area (Å²) in [5.74, 6) is -2.85. The van der Waals surface area contributed by atoms with E-state index in [0.29, 0.717) is 61.6 Å². The Labute approximate surface area is 239 Å². The maximum Gasteiger partial charge on any atom is 0.273 e. The summed E-state index contributed by atoms with van der Waals surface area (Å²) in [4.78, 5) is 17.5. The summed E-state index contributed by atoms with van der Waals surface area (Å²) in [6.45, 7) is 2.81. The minimum absolute atomic E-state index is 0.0760. The molecule has 40 heavy (non-hydrogen) atoms. The van der Waals surface area contributed by atoms with E-state index in [2.05, 4.69) is 20.7 Å². The molecule has 2 aliphatic carbocycles. The molecule has 2 heterocycles. The summed E-state index contributed by atoms with van der Waals surface area (Å²) in [5.41, 5.74) is 1.07. The number of aryl methyl sites for hydroxylation is 1. The van der Waals surface area contributed by atoms with E-state index < -0.39 is 27.6 Å². The molecule has 2 N–H and O–H groups in total. The van der Waals surface area contributed by atoms with Crippen molar-refractivity contribution in [3.05, 3.63) is 23.0 Å². The highest BCUT2D eigenvalue weighted by Gasteiger charge is 2.41. The second-order valence-electron chi connectivity index (χ2n) is 10.9. The molecule has 0 bridgehead atoms. The highest BCUT2D eigenvalue weighted by molar-refractivity contribution is 7.91. The molecule has 0 radical (unpaired) electrons. The van der Waals surface area contributed by atoms with Gasteiger partial charge in [-0.2, -0.15) is 5.10 Å². The van der Waals surface area contributed by atoms with Crippen LogP contribution in [0.5, 0.6) is 5.75 Å². The minimum atomic E-state index is -3.05. The zero-order valence-corrected chi connectivity index (χ0v) is 24.8. The third-order valence-electron chi connectivity index (χ3n) is 8.14. The molecule has 2 aromatic heterocycles. The molecule has 0 saturated heterocycles. The lowest BCUT2D eigenvalue weighted by Crippen LogP contribution is -2.36. The zero-order valence-electron chi connectivity index (χ0n) is 23.2. The van der Waals surface area contributed by atoms with Crippen LogP contribution in [0, 0.1) is 11.8 Å². The van der Waals surface area contributed by atoms with Gasteiger partial charge in [0.2, 0.25) is 0 Å². The average molecular weight is 602 g/mol. The van der Waals surface area contributed by atoms with E-state index >= 15 is 0 Å². The molecular formula is C27H38ClF2N5O4S. The fourth-order valence-corrected chi connectivity index (χ4v) is 7.13. The number of amides is 1. The number of rotatable bonds is 10. The Hall–Kier alpha value is -2.47. The van der Waals surface area contributed by atoms with Crippen LogP contribution in [0.1, 0.15) is 68.8 Å². The first-order chi connectivity index (χ1) is 18.9. The topological polar surface area (TPSA) is 115 Å². The number of nitrogens with one attached hydrogen (secondary N) is 2. The van der Waals surface area contributed by atoms with Gasteiger partial charge in [-0.05, 0) is 51.4 Å². The van der Waals surface area contributed by atoms with Crippen LogP contribution in [0.2, 0.25) is 5.02 Å². The maximum atomic E-state index is 14.3. The van der Waals surface area contributed by atoms with Crippen LogP contribution in [0.25, 0.3) is 11.3 Å². The van der Waals surface area contributed by atoms with E-state index in [9.17, 15) is 22.0 Å². The van der Waals surface area contributed by atoms with Crippen LogP contribution in [0.3, 0.4) is 0 Å². The van der Waals surface area contributed by atoms with Crippen LogP contribution in [-0.4, -0.2) is 66.7 Å². The fraction of sp³-hybridized carbons (Fsp3) is 0.667. The molecule has 9 nitrogen and oxygen atoms in total. The van der Waals surface area contributed by atoms with Crippen molar-refractivity contribution in [3.63, 3.8) is 0 Å². The number of carbonyl (C=O) groups excluding carboxylic acids is 1. The molecule has 1 unspecified atom stereocenters. The number of halogens is 3. The van der Waals surface area contributed by atoms with Gasteiger partial charge in [0, 0.05) is 50.5 Å². The third kappa shape index (κ3) is 6.87. The van der Waals surface area contributed by atoms with Gasteiger partial charge in [-0.15, -0.1) is 0 Å². The Kier molecular flexibility index (Phi) is 9.59. The Bertz CT molecular complexity index is 1310. The van der Waals surface area contributed by atoms with Crippen LogP contribution in [0.15, 0.2) is 12.3 Å². The van der Waals surface area contributed by atoms with Crippen molar-refractivity contribution in [2.45, 2.75) is 76.0 Å². The number of alkyl halides is 2. The van der Waals surface area contributed by atoms with E-state index in [1.165, 1.54) is 19.6 Å². The molecule has 222 valence electrons. The van der Waals surface area contributed by atoms with Gasteiger partial charge < -0.3 is 15.4 Å². The number of hydrogen-bond acceptors (Lipinski definition) is 7. The quantitative estimate of drug-likeness (QED) is 0.385. The molecule has 13 heteroatoms. The molecule has 2 aromatic rings. The van der Waals surface area contributed by atoms with Gasteiger partial charge in [-0.3, -0.25) is 9.48 Å². The summed E-state index contributed by atoms with van der Waals surface area (Å²) < 4.78 is 59.3. The van der Waals surface area contributed by atoms with Crippen molar-refractivity contribution >= 4 is 33.2 Å². The van der Waals surface area contributed by atoms with Crippen LogP contribution in [0.4, 0.5) is 14.6 Å². The Balaban J connectivity index is 1.46. The summed E-state index contributed by atoms with van der Waals surface area (Å²) in [5, 5.41) is 10.2. The molecule has 2 fully saturated rings. The predicted octanol–water partition coefficient (Wildman–Crippen LogP) is 5.20. The van der Waals surface area contributed by atoms with E-state index in [1.807, 2.05) is 6.92 Å². The zero-order chi connectivity index (χ0) is 29.1. The lowest BCUT2D eigenvalue weighted by atomic mass is 9.85. The van der Waals surface area contributed by atoms with Crippen molar-refractivity contribution in [1.29, 1.82) is 0 Å². The number of sulfone groups is 1. The van der Waals surface area contributed by atoms with Crippen molar-refractivity contribution in [3.8, 4) is 17.0 Å². The van der Waals surface area contributed by atoms with Crippen molar-refractivity contribution in [2.24, 2.45) is 11.8 Å². The van der Waals surface area contributed by atoms with Crippen LogP contribution in [-0.2, 0) is 16.4 Å². The summed E-state index contributed by atoms with van der Waals surface area (Å²) in [7, 11) is -1.56. The summed E-state index contributed by atoms with van der Waals surface area (Å²) in [6, 6.07) is 1.63. The van der Waals surface area contributed by atoms with Gasteiger partial charge in [-0.25, -0.2) is 22.2 Å². The molecule has 4 rings (SSSR count). The monoisotopic (exact) mass is 601 g/mol. The number of ether oxygens (including phenoxy) is 1. The van der Waals surface area contributed by atoms with Gasteiger partial charge >= 0.3 is 0 Å². The number of carbonyl (C=O) groups is 1. The van der Waals surface area contributed by atoms with Gasteiger partial charge in [0.25, 0.3) is 11.8 Å². The van der Waals surface area contributed by atoms with Crippen LogP contribution < -0.4 is 15.4 Å². The smallest absolute Gasteiger partial charge is 0.273 e. The summed E-state index contributed by atoms with van der Waals surface area (Å²) in [6.07, 6.45) is 7.16. The molecule has 1 amide bonds. The molecule has 0 spiro atoms. The maximum absolute atomic E-state index is 14.3. The normalized spacial score (nSPS) is 23.0. The van der Waals surface area contributed by atoms with E-state index in [-0.39, 0.29) is 34.8 Å². The van der Waals surface area contributed by atoms with Crippen molar-refractivity contribution < 1.29 is 26.7 Å². The first-order valence-corrected chi connectivity index (χ1v) is 16.2. The SMILES string of the molecule is CCn1nc(C(=O)NCC2CCC(S(C)(=O)=O)CC2)c(Cl)c1-c1cnc(NCC2CCCCC2(F)F)cc1OC. The number of aromatic nitrogens is 3. The number of anilines is 1. The Morgan fingerprint density at radius 1 is 1.20 bits per heavy atom. The molecule has 0 aromatic carbocycles. The van der Waals surface area contributed by atoms with Crippen molar-refractivity contribution in [1.82, 2.24) is 20.1 Å². The van der Waals surface area contributed by atoms with Crippen molar-refractivity contribution in [2.75, 3.05) is 31.8 Å². The van der Waals surface area contributed by atoms with Crippen LogP contribution >= 0.6 is 11.6 Å². The van der Waals surface area contributed by atoms with Gasteiger partial charge in [-0.1, -0.05) is 18.0 Å². The third-order valence-corrected chi connectivity index (χ3v) is 10.2. The first kappa shape index (κ1) is 30.5. The van der Waals surface area contributed by atoms with E-state index in [1.54, 1.807) is 10.7 Å². The number of methoxy groups -OCH3 is 1. The average Bonchev–Trinajstić information content (AvgIpc) is 3.26. The fourth-order valence-electron chi connectivity index (χ4n) is 5.68. The van der Waals surface area contributed by atoms with Gasteiger partial charge in [0.1, 0.15) is 21.4 Å². The van der Waals surface area contributed by atoms with E-state index in [4.69, 9.17) is 16.3 Å². The number of nitrogens with zero attached hydrogens (tertiary/aromatic N) is 3. The van der Waals surface area contributed by atoms with E-state index in [0.717, 1.165) is 19.3 Å². The molecule has 2 saturated carbocycles. The number of pyridine rings is 1. The second kappa shape index (κ2) is 12.6. The highest BCUT2D eigenvalue weighted by atomic mass is 35.5. The Morgan fingerprint density at radius 3 is 2.55 bits per heavy atom. The first-order valence-electron chi connectivity index (χ1n) is 13.8. The highest BCUT2D eigenvalue weighted by Crippen LogP contribution is 2.40. The lowest BCUT2D eigenvalue weighted by Gasteiger charge is -2.31. The molecule has 0 aliphatic heterocycles. The van der Waals surface area contributed by atoms with Gasteiger partial charge in [0.05, 0.1) is 28.6 Å². The second-order valence-corrected chi connectivity index (χ2v) is 13.6. The number of hydrogen-bond donors (Lipinski definition) is 2. The largest absolute Gasteiger partial charge is 0.496 e. The lowest BCUT2D eigenvalue weighted by molar-refractivity contribution is -0.0802. The molecule has 2 aliphatic rings. The Morgan fingerprint density at radius 2 is 1.93 bits per heavy atom. The predicted molar refractivity (Wildman–Crippen MR) is 151 cm³/mol. The molecular weight excluding hydrogens is 564 g/mol. The molecule has 1 atom stereocenters. The standard InChI is InChI=1S/C27H38ClF2N5O4S/c1-4-35-25(20-16-32-22(13-21(20)39-2)31-15-18-7-5-6-12-27(18,29)30)23(28)24(34-35)26(36)33-14-17-8-10-19(11-9-17)40(3,37)38/h13,16-19H,4-12,14-15H2,1-3H3,(H,31,32)(H,33,36). The minimum Gasteiger partial charge on any atom is -0.496 e. The van der Waals surface area contributed by atoms with Gasteiger partial charge in [0.15, 0.2) is 5.69 Å².